The second-order valence-electron chi connectivity index (χ2n) is 5.19. The molecule has 19 heavy (non-hydrogen) atoms. The van der Waals surface area contributed by atoms with E-state index in [1.54, 1.807) is 0 Å². The van der Waals surface area contributed by atoms with Crippen LogP contribution in [0, 0.1) is 0 Å². The van der Waals surface area contributed by atoms with Gasteiger partial charge in [0.05, 0.1) is 13.0 Å². The minimum Gasteiger partial charge on any atom is -0.481 e. The molecule has 110 valence electrons. The van der Waals surface area contributed by atoms with Crippen molar-refractivity contribution in [2.45, 2.75) is 26.3 Å². The summed E-state index contributed by atoms with van der Waals surface area (Å²) in [5, 5.41) is 8.81. The van der Waals surface area contributed by atoms with E-state index >= 15 is 0 Å². The Hall–Kier alpha value is -1.14. The number of carboxylic acids is 1. The van der Waals surface area contributed by atoms with Crippen LogP contribution in [0.1, 0.15) is 20.3 Å². The van der Waals surface area contributed by atoms with E-state index < -0.39 is 5.97 Å². The van der Waals surface area contributed by atoms with Crippen molar-refractivity contribution in [1.29, 1.82) is 0 Å². The maximum atomic E-state index is 12.2. The van der Waals surface area contributed by atoms with Gasteiger partial charge >= 0.3 is 5.97 Å². The summed E-state index contributed by atoms with van der Waals surface area (Å²) in [7, 11) is 2.05. The Morgan fingerprint density at radius 3 is 2.32 bits per heavy atom. The first-order valence-corrected chi connectivity index (χ1v) is 6.86. The van der Waals surface area contributed by atoms with E-state index in [4.69, 9.17) is 5.11 Å². The summed E-state index contributed by atoms with van der Waals surface area (Å²) in [5.74, 6) is -0.717. The lowest BCUT2D eigenvalue weighted by molar-refractivity contribution is -0.140. The molecule has 1 N–H and O–H groups in total. The monoisotopic (exact) mass is 271 g/mol. The van der Waals surface area contributed by atoms with Crippen molar-refractivity contribution >= 4 is 11.9 Å². The van der Waals surface area contributed by atoms with Gasteiger partial charge in [0.25, 0.3) is 0 Å². The zero-order valence-corrected chi connectivity index (χ0v) is 12.1. The molecule has 0 aromatic carbocycles. The van der Waals surface area contributed by atoms with E-state index in [1.807, 2.05) is 23.6 Å². The summed E-state index contributed by atoms with van der Waals surface area (Å²) >= 11 is 0. The van der Waals surface area contributed by atoms with Gasteiger partial charge in [0.2, 0.25) is 5.91 Å². The van der Waals surface area contributed by atoms with E-state index in [-0.39, 0.29) is 18.4 Å². The summed E-state index contributed by atoms with van der Waals surface area (Å²) in [6.07, 6.45) is 0.0733. The van der Waals surface area contributed by atoms with Crippen molar-refractivity contribution in [2.75, 3.05) is 46.3 Å². The van der Waals surface area contributed by atoms with Crippen LogP contribution in [0.5, 0.6) is 0 Å². The molecule has 0 bridgehead atoms. The fourth-order valence-electron chi connectivity index (χ4n) is 2.29. The molecule has 1 rings (SSSR count). The number of carbonyl (C=O) groups excluding carboxylic acids is 1. The predicted molar refractivity (Wildman–Crippen MR) is 73.0 cm³/mol. The van der Waals surface area contributed by atoms with Gasteiger partial charge in [-0.2, -0.15) is 0 Å². The summed E-state index contributed by atoms with van der Waals surface area (Å²) in [6, 6.07) is -0.112. The second-order valence-corrected chi connectivity index (χ2v) is 5.19. The van der Waals surface area contributed by atoms with Gasteiger partial charge in [0, 0.05) is 32.2 Å². The quantitative estimate of drug-likeness (QED) is 0.733. The lowest BCUT2D eigenvalue weighted by atomic mass is 10.2. The largest absolute Gasteiger partial charge is 0.481 e. The number of hydrogen-bond acceptors (Lipinski definition) is 4. The number of carbonyl (C=O) groups is 2. The Morgan fingerprint density at radius 1 is 1.26 bits per heavy atom. The molecular weight excluding hydrogens is 246 g/mol. The highest BCUT2D eigenvalue weighted by molar-refractivity contribution is 5.78. The molecule has 1 heterocycles. The maximum Gasteiger partial charge on any atom is 0.304 e. The SMILES string of the molecule is CCN(CC(=O)N1CCN(C)CC1)C(C)CC(=O)O. The first-order chi connectivity index (χ1) is 8.93. The minimum absolute atomic E-state index is 0.0733. The molecule has 6 heteroatoms. The first-order valence-electron chi connectivity index (χ1n) is 6.86. The van der Waals surface area contributed by atoms with Gasteiger partial charge in [0.1, 0.15) is 0 Å². The van der Waals surface area contributed by atoms with Gasteiger partial charge < -0.3 is 14.9 Å². The van der Waals surface area contributed by atoms with Crippen molar-refractivity contribution in [3.8, 4) is 0 Å². The fraction of sp³-hybridized carbons (Fsp3) is 0.846. The molecule has 1 unspecified atom stereocenters. The molecule has 0 radical (unpaired) electrons. The number of likely N-dealkylation sites (N-methyl/N-ethyl adjacent to an activating group) is 2. The molecule has 0 aromatic heterocycles. The topological polar surface area (TPSA) is 64.1 Å². The number of piperazine rings is 1. The van der Waals surface area contributed by atoms with Crippen LogP contribution in [0.3, 0.4) is 0 Å². The van der Waals surface area contributed by atoms with Gasteiger partial charge in [-0.1, -0.05) is 6.92 Å². The molecule has 0 aliphatic carbocycles. The highest BCUT2D eigenvalue weighted by Gasteiger charge is 2.23. The summed E-state index contributed by atoms with van der Waals surface area (Å²) in [5.41, 5.74) is 0. The number of hydrogen-bond donors (Lipinski definition) is 1. The molecular formula is C13H25N3O3. The van der Waals surface area contributed by atoms with Crippen molar-refractivity contribution in [3.63, 3.8) is 0 Å². The van der Waals surface area contributed by atoms with Crippen molar-refractivity contribution in [1.82, 2.24) is 14.7 Å². The van der Waals surface area contributed by atoms with E-state index in [9.17, 15) is 9.59 Å². The highest BCUT2D eigenvalue weighted by atomic mass is 16.4. The standard InChI is InChI=1S/C13H25N3O3/c1-4-15(11(2)9-13(18)19)10-12(17)16-7-5-14(3)6-8-16/h11H,4-10H2,1-3H3,(H,18,19). The second kappa shape index (κ2) is 7.45. The number of amides is 1. The van der Waals surface area contributed by atoms with Gasteiger partial charge in [-0.25, -0.2) is 0 Å². The Kier molecular flexibility index (Phi) is 6.24. The van der Waals surface area contributed by atoms with Crippen LogP contribution in [-0.2, 0) is 9.59 Å². The van der Waals surface area contributed by atoms with Crippen LogP contribution >= 0.6 is 0 Å². The van der Waals surface area contributed by atoms with Crippen LogP contribution in [0.2, 0.25) is 0 Å². The maximum absolute atomic E-state index is 12.2. The highest BCUT2D eigenvalue weighted by Crippen LogP contribution is 2.06. The van der Waals surface area contributed by atoms with Gasteiger partial charge in [-0.3, -0.25) is 14.5 Å². The van der Waals surface area contributed by atoms with Crippen LogP contribution in [0.25, 0.3) is 0 Å². The average Bonchev–Trinajstić information content (AvgIpc) is 2.35. The molecule has 0 saturated carbocycles. The molecule has 0 aromatic rings. The van der Waals surface area contributed by atoms with Crippen LogP contribution in [0.15, 0.2) is 0 Å². The number of nitrogens with zero attached hydrogens (tertiary/aromatic N) is 3. The summed E-state index contributed by atoms with van der Waals surface area (Å²) in [6.45, 7) is 8.15. The molecule has 1 fully saturated rings. The van der Waals surface area contributed by atoms with E-state index in [0.29, 0.717) is 13.1 Å². The third-order valence-electron chi connectivity index (χ3n) is 3.69. The molecule has 1 amide bonds. The summed E-state index contributed by atoms with van der Waals surface area (Å²) in [4.78, 5) is 28.9. The van der Waals surface area contributed by atoms with E-state index in [1.165, 1.54) is 0 Å². The average molecular weight is 271 g/mol. The molecule has 0 spiro atoms. The van der Waals surface area contributed by atoms with E-state index in [2.05, 4.69) is 11.9 Å². The fourth-order valence-corrected chi connectivity index (χ4v) is 2.29. The van der Waals surface area contributed by atoms with Crippen LogP contribution in [-0.4, -0.2) is 84.0 Å². The first kappa shape index (κ1) is 15.9. The third-order valence-corrected chi connectivity index (χ3v) is 3.69. The minimum atomic E-state index is -0.821. The van der Waals surface area contributed by atoms with E-state index in [0.717, 1.165) is 26.2 Å². The Bertz CT molecular complexity index is 314. The van der Waals surface area contributed by atoms with Crippen molar-refractivity contribution < 1.29 is 14.7 Å². The van der Waals surface area contributed by atoms with Crippen LogP contribution in [0.4, 0.5) is 0 Å². The Morgan fingerprint density at radius 2 is 1.84 bits per heavy atom. The summed E-state index contributed by atoms with van der Waals surface area (Å²) < 4.78 is 0. The molecule has 1 aliphatic heterocycles. The Balaban J connectivity index is 2.46. The normalized spacial score (nSPS) is 18.6. The lowest BCUT2D eigenvalue weighted by Crippen LogP contribution is -2.51. The smallest absolute Gasteiger partial charge is 0.304 e. The van der Waals surface area contributed by atoms with Gasteiger partial charge in [-0.05, 0) is 20.5 Å². The van der Waals surface area contributed by atoms with Crippen LogP contribution < -0.4 is 0 Å². The van der Waals surface area contributed by atoms with Crippen molar-refractivity contribution in [3.05, 3.63) is 0 Å². The number of aliphatic carboxylic acids is 1. The van der Waals surface area contributed by atoms with Crippen molar-refractivity contribution in [2.24, 2.45) is 0 Å². The molecule has 6 nitrogen and oxygen atoms in total. The lowest BCUT2D eigenvalue weighted by Gasteiger charge is -2.35. The Labute approximate surface area is 115 Å². The molecule has 1 aliphatic rings. The number of rotatable bonds is 6. The van der Waals surface area contributed by atoms with Gasteiger partial charge in [0.15, 0.2) is 0 Å². The zero-order valence-electron chi connectivity index (χ0n) is 12.1. The number of carboxylic acid groups (broad SMARTS) is 1. The predicted octanol–water partition coefficient (Wildman–Crippen LogP) is -0.0545. The molecule has 1 saturated heterocycles. The van der Waals surface area contributed by atoms with Gasteiger partial charge in [-0.15, -0.1) is 0 Å². The molecule has 1 atom stereocenters. The third kappa shape index (κ3) is 5.16. The zero-order chi connectivity index (χ0) is 14.4.